The molecule has 1 aliphatic rings. The number of sulfonamides is 1. The first-order valence-corrected chi connectivity index (χ1v) is 7.56. The van der Waals surface area contributed by atoms with E-state index in [1.165, 1.54) is 12.3 Å². The number of hydrogen-bond acceptors (Lipinski definition) is 6. The van der Waals surface area contributed by atoms with Gasteiger partial charge in [0.05, 0.1) is 11.2 Å². The van der Waals surface area contributed by atoms with Crippen LogP contribution in [0.4, 0.5) is 0 Å². The second-order valence-corrected chi connectivity index (χ2v) is 7.20. The monoisotopic (exact) mass is 300 g/mol. The number of aromatic nitrogens is 1. The lowest BCUT2D eigenvalue weighted by Gasteiger charge is -2.32. The summed E-state index contributed by atoms with van der Waals surface area (Å²) in [6.45, 7) is 7.55. The number of aromatic hydroxyl groups is 1. The summed E-state index contributed by atoms with van der Waals surface area (Å²) in [5.41, 5.74) is -0.647. The largest absolute Gasteiger partial charge is 0.505 e. The predicted octanol–water partition coefficient (Wildman–Crippen LogP) is -0.266. The van der Waals surface area contributed by atoms with Crippen molar-refractivity contribution in [2.75, 3.05) is 0 Å². The van der Waals surface area contributed by atoms with Crippen LogP contribution in [0.15, 0.2) is 17.3 Å². The molecule has 1 aromatic heterocycles. The minimum atomic E-state index is -4.06. The summed E-state index contributed by atoms with van der Waals surface area (Å²) in [5, 5.41) is 14.1. The van der Waals surface area contributed by atoms with E-state index in [0.29, 0.717) is 5.46 Å². The van der Waals surface area contributed by atoms with Crippen LogP contribution in [-0.2, 0) is 19.3 Å². The van der Waals surface area contributed by atoms with E-state index in [9.17, 15) is 13.5 Å². The smallest absolute Gasteiger partial charge is 0.496 e. The quantitative estimate of drug-likeness (QED) is 0.727. The van der Waals surface area contributed by atoms with E-state index in [4.69, 9.17) is 14.4 Å². The van der Waals surface area contributed by atoms with Crippen LogP contribution in [0.1, 0.15) is 27.7 Å². The van der Waals surface area contributed by atoms with Crippen LogP contribution < -0.4 is 10.6 Å². The third-order valence-corrected chi connectivity index (χ3v) is 4.50. The van der Waals surface area contributed by atoms with Gasteiger partial charge in [0.25, 0.3) is 10.0 Å². The van der Waals surface area contributed by atoms with Gasteiger partial charge < -0.3 is 14.4 Å². The molecule has 0 saturated carbocycles. The maximum Gasteiger partial charge on any atom is 0.496 e. The molecular weight excluding hydrogens is 283 g/mol. The topological polar surface area (TPSA) is 112 Å². The predicted molar refractivity (Wildman–Crippen MR) is 73.0 cm³/mol. The fourth-order valence-electron chi connectivity index (χ4n) is 1.78. The van der Waals surface area contributed by atoms with Crippen LogP contribution in [0.5, 0.6) is 5.75 Å². The van der Waals surface area contributed by atoms with Gasteiger partial charge in [0.1, 0.15) is 0 Å². The molecule has 1 fully saturated rings. The molecule has 9 heteroatoms. The number of nitrogens with zero attached hydrogens (tertiary/aromatic N) is 1. The molecule has 2 heterocycles. The first kappa shape index (κ1) is 15.2. The highest BCUT2D eigenvalue weighted by molar-refractivity contribution is 7.89. The number of rotatable bonds is 2. The van der Waals surface area contributed by atoms with Gasteiger partial charge in [-0.05, 0) is 33.8 Å². The molecule has 0 aromatic carbocycles. The first-order valence-electron chi connectivity index (χ1n) is 6.01. The van der Waals surface area contributed by atoms with Crippen LogP contribution in [0.3, 0.4) is 0 Å². The van der Waals surface area contributed by atoms with Crippen molar-refractivity contribution < 1.29 is 22.8 Å². The highest BCUT2D eigenvalue weighted by Crippen LogP contribution is 2.36. The fourth-order valence-corrected chi connectivity index (χ4v) is 2.33. The molecule has 0 amide bonds. The number of nitrogens with two attached hydrogens (primary N) is 1. The minimum Gasteiger partial charge on any atom is -0.505 e. The zero-order valence-electron chi connectivity index (χ0n) is 11.7. The molecule has 0 bridgehead atoms. The molecule has 0 radical (unpaired) electrons. The Kier molecular flexibility index (Phi) is 3.37. The number of primary sulfonamides is 1. The summed E-state index contributed by atoms with van der Waals surface area (Å²) >= 11 is 0. The molecule has 110 valence electrons. The summed E-state index contributed by atoms with van der Waals surface area (Å²) in [7, 11) is -4.79. The summed E-state index contributed by atoms with van der Waals surface area (Å²) in [5.74, 6) is -0.528. The van der Waals surface area contributed by atoms with Gasteiger partial charge in [-0.3, -0.25) is 0 Å². The summed E-state index contributed by atoms with van der Waals surface area (Å²) in [6, 6.07) is 1.23. The van der Waals surface area contributed by atoms with Crippen molar-refractivity contribution in [3.63, 3.8) is 0 Å². The van der Waals surface area contributed by atoms with Gasteiger partial charge in [-0.15, -0.1) is 0 Å². The van der Waals surface area contributed by atoms with Crippen molar-refractivity contribution >= 4 is 22.6 Å². The van der Waals surface area contributed by atoms with Crippen LogP contribution in [0.2, 0.25) is 0 Å². The van der Waals surface area contributed by atoms with E-state index in [2.05, 4.69) is 4.98 Å². The normalized spacial score (nSPS) is 21.1. The average Bonchev–Trinajstić information content (AvgIpc) is 2.46. The van der Waals surface area contributed by atoms with E-state index in [0.717, 1.165) is 0 Å². The van der Waals surface area contributed by atoms with Gasteiger partial charge in [-0.1, -0.05) is 0 Å². The Balaban J connectivity index is 2.36. The zero-order valence-corrected chi connectivity index (χ0v) is 12.6. The third-order valence-electron chi connectivity index (χ3n) is 3.65. The molecule has 0 unspecified atom stereocenters. The molecule has 0 atom stereocenters. The van der Waals surface area contributed by atoms with Gasteiger partial charge in [0.2, 0.25) is 5.03 Å². The van der Waals surface area contributed by atoms with Crippen molar-refractivity contribution in [2.24, 2.45) is 5.14 Å². The summed E-state index contributed by atoms with van der Waals surface area (Å²) in [6.07, 6.45) is 1.27. The van der Waals surface area contributed by atoms with Crippen molar-refractivity contribution in [3.8, 4) is 5.75 Å². The van der Waals surface area contributed by atoms with Gasteiger partial charge in [-0.2, -0.15) is 0 Å². The Morgan fingerprint density at radius 3 is 2.15 bits per heavy atom. The van der Waals surface area contributed by atoms with Crippen LogP contribution in [-0.4, -0.2) is 36.8 Å². The lowest BCUT2D eigenvalue weighted by atomic mass is 9.80. The minimum absolute atomic E-state index is 0.425. The zero-order chi connectivity index (χ0) is 15.3. The second kappa shape index (κ2) is 4.42. The maximum absolute atomic E-state index is 11.2. The van der Waals surface area contributed by atoms with E-state index < -0.39 is 39.1 Å². The van der Waals surface area contributed by atoms with Crippen LogP contribution in [0.25, 0.3) is 0 Å². The first-order chi connectivity index (χ1) is 8.94. The molecule has 1 aromatic rings. The SMILES string of the molecule is CC1(C)OB(c2cnc(S(N)(=O)=O)c(O)c2)OC1(C)C. The fraction of sp³-hybridized carbons (Fsp3) is 0.545. The summed E-state index contributed by atoms with van der Waals surface area (Å²) < 4.78 is 33.9. The number of pyridine rings is 1. The Hall–Kier alpha value is -1.16. The molecule has 0 aliphatic carbocycles. The lowest BCUT2D eigenvalue weighted by Crippen LogP contribution is -2.41. The highest BCUT2D eigenvalue weighted by Gasteiger charge is 2.52. The average molecular weight is 300 g/mol. The van der Waals surface area contributed by atoms with Crippen LogP contribution in [0, 0.1) is 0 Å². The molecular formula is C11H17BN2O5S. The second-order valence-electron chi connectivity index (χ2n) is 5.73. The van der Waals surface area contributed by atoms with Crippen molar-refractivity contribution in [3.05, 3.63) is 12.3 Å². The summed E-state index contributed by atoms with van der Waals surface area (Å²) in [4.78, 5) is 3.67. The van der Waals surface area contributed by atoms with E-state index >= 15 is 0 Å². The Labute approximate surface area is 118 Å². The molecule has 1 saturated heterocycles. The standard InChI is InChI=1S/C11H17BN2O5S/c1-10(2)11(3,4)19-12(18-10)7-5-8(15)9(14-6-7)20(13,16)17/h5-6,15H,1-4H3,(H2,13,16,17). The van der Waals surface area contributed by atoms with Crippen LogP contribution >= 0.6 is 0 Å². The molecule has 7 nitrogen and oxygen atoms in total. The van der Waals surface area contributed by atoms with Gasteiger partial charge in [0.15, 0.2) is 5.75 Å². The van der Waals surface area contributed by atoms with Gasteiger partial charge in [-0.25, -0.2) is 18.5 Å². The third kappa shape index (κ3) is 2.53. The molecule has 0 spiro atoms. The van der Waals surface area contributed by atoms with Crippen molar-refractivity contribution in [2.45, 2.75) is 43.9 Å². The molecule has 1 aliphatic heterocycles. The van der Waals surface area contributed by atoms with E-state index in [-0.39, 0.29) is 0 Å². The highest BCUT2D eigenvalue weighted by atomic mass is 32.2. The van der Waals surface area contributed by atoms with Crippen molar-refractivity contribution in [1.29, 1.82) is 0 Å². The maximum atomic E-state index is 11.2. The van der Waals surface area contributed by atoms with Gasteiger partial charge in [0, 0.05) is 11.7 Å². The number of hydrogen-bond donors (Lipinski definition) is 2. The lowest BCUT2D eigenvalue weighted by molar-refractivity contribution is 0.00578. The molecule has 2 rings (SSSR count). The van der Waals surface area contributed by atoms with Gasteiger partial charge >= 0.3 is 7.12 Å². The molecule has 20 heavy (non-hydrogen) atoms. The Bertz CT molecular complexity index is 628. The van der Waals surface area contributed by atoms with E-state index in [1.807, 2.05) is 27.7 Å². The molecule has 3 N–H and O–H groups in total. The Morgan fingerprint density at radius 2 is 1.75 bits per heavy atom. The van der Waals surface area contributed by atoms with Crippen molar-refractivity contribution in [1.82, 2.24) is 4.98 Å². The Morgan fingerprint density at radius 1 is 1.25 bits per heavy atom. The van der Waals surface area contributed by atoms with E-state index in [1.54, 1.807) is 0 Å².